The van der Waals surface area contributed by atoms with Crippen molar-refractivity contribution in [2.75, 3.05) is 11.9 Å². The molecule has 2 heterocycles. The summed E-state index contributed by atoms with van der Waals surface area (Å²) in [6.07, 6.45) is 1.54. The van der Waals surface area contributed by atoms with Crippen LogP contribution in [0, 0.1) is 13.8 Å². The fourth-order valence-corrected chi connectivity index (χ4v) is 3.98. The van der Waals surface area contributed by atoms with Crippen LogP contribution in [0.1, 0.15) is 30.1 Å². The summed E-state index contributed by atoms with van der Waals surface area (Å²) >= 11 is 0. The van der Waals surface area contributed by atoms with Crippen molar-refractivity contribution in [2.45, 2.75) is 31.7 Å². The highest BCUT2D eigenvalue weighted by Gasteiger charge is 2.23. The molecule has 0 bridgehead atoms. The van der Waals surface area contributed by atoms with E-state index in [4.69, 9.17) is 4.42 Å². The number of hydrogen-bond donors (Lipinski definition) is 2. The van der Waals surface area contributed by atoms with E-state index < -0.39 is 16.1 Å². The van der Waals surface area contributed by atoms with E-state index in [2.05, 4.69) is 15.1 Å². The molecule has 0 fully saturated rings. The topological polar surface area (TPSA) is 106 Å². The van der Waals surface area contributed by atoms with Gasteiger partial charge in [0, 0.05) is 24.8 Å². The van der Waals surface area contributed by atoms with E-state index >= 15 is 0 Å². The smallest absolute Gasteiger partial charge is 0.240 e. The summed E-state index contributed by atoms with van der Waals surface area (Å²) in [5, 5.41) is 7.06. The van der Waals surface area contributed by atoms with Crippen LogP contribution in [0.3, 0.4) is 0 Å². The molecule has 0 aliphatic heterocycles. The second-order valence-electron chi connectivity index (χ2n) is 6.46. The van der Waals surface area contributed by atoms with Crippen molar-refractivity contribution in [3.63, 3.8) is 0 Å². The van der Waals surface area contributed by atoms with Crippen LogP contribution in [0.15, 0.2) is 58.0 Å². The lowest BCUT2D eigenvalue weighted by Crippen LogP contribution is -2.32. The fourth-order valence-electron chi connectivity index (χ4n) is 2.94. The van der Waals surface area contributed by atoms with Gasteiger partial charge in [-0.15, -0.1) is 0 Å². The van der Waals surface area contributed by atoms with Crippen LogP contribution < -0.4 is 10.0 Å². The minimum atomic E-state index is -3.75. The zero-order valence-corrected chi connectivity index (χ0v) is 16.7. The number of amides is 1. The molecule has 3 aromatic rings. The summed E-state index contributed by atoms with van der Waals surface area (Å²) in [5.41, 5.74) is 2.27. The maximum Gasteiger partial charge on any atom is 0.240 e. The Bertz CT molecular complexity index is 1050. The molecule has 0 saturated heterocycles. The quantitative estimate of drug-likeness (QED) is 0.632. The number of nitrogens with zero attached hydrogens (tertiary/aromatic N) is 2. The number of hydrogen-bond acceptors (Lipinski definition) is 5. The predicted octanol–water partition coefficient (Wildman–Crippen LogP) is 2.62. The van der Waals surface area contributed by atoms with Crippen molar-refractivity contribution in [2.24, 2.45) is 0 Å². The van der Waals surface area contributed by atoms with Gasteiger partial charge in [0.05, 0.1) is 16.9 Å². The number of carbonyl (C=O) groups excluding carboxylic acids is 1. The summed E-state index contributed by atoms with van der Waals surface area (Å²) in [6, 6.07) is 11.0. The zero-order valence-electron chi connectivity index (χ0n) is 15.8. The third-order valence-corrected chi connectivity index (χ3v) is 5.60. The molecule has 3 rings (SSSR count). The number of aromatic nitrogens is 2. The Labute approximate surface area is 163 Å². The van der Waals surface area contributed by atoms with Gasteiger partial charge in [-0.3, -0.25) is 9.48 Å². The van der Waals surface area contributed by atoms with Crippen LogP contribution in [0.25, 0.3) is 0 Å². The average Bonchev–Trinajstić information content (AvgIpc) is 3.25. The third kappa shape index (κ3) is 4.49. The van der Waals surface area contributed by atoms with Crippen LogP contribution in [-0.4, -0.2) is 30.7 Å². The van der Waals surface area contributed by atoms with Gasteiger partial charge in [-0.1, -0.05) is 0 Å². The van der Waals surface area contributed by atoms with Crippen LogP contribution in [0.2, 0.25) is 0 Å². The summed E-state index contributed by atoms with van der Waals surface area (Å²) in [4.78, 5) is 11.2. The normalized spacial score (nSPS) is 12.7. The molecule has 0 aliphatic carbocycles. The molecule has 2 N–H and O–H groups in total. The first kappa shape index (κ1) is 19.8. The molecule has 8 nitrogen and oxygen atoms in total. The van der Waals surface area contributed by atoms with Gasteiger partial charge in [0.1, 0.15) is 11.8 Å². The fraction of sp³-hybridized carbons (Fsp3) is 0.263. The number of benzene rings is 1. The highest BCUT2D eigenvalue weighted by atomic mass is 32.2. The minimum Gasteiger partial charge on any atom is -0.467 e. The largest absolute Gasteiger partial charge is 0.467 e. The van der Waals surface area contributed by atoms with Crippen molar-refractivity contribution in [3.05, 3.63) is 65.9 Å². The highest BCUT2D eigenvalue weighted by Crippen LogP contribution is 2.21. The average molecular weight is 402 g/mol. The Morgan fingerprint density at radius 3 is 2.46 bits per heavy atom. The van der Waals surface area contributed by atoms with E-state index in [0.717, 1.165) is 11.4 Å². The Hall–Kier alpha value is -2.91. The van der Waals surface area contributed by atoms with Crippen LogP contribution in [0.5, 0.6) is 0 Å². The highest BCUT2D eigenvalue weighted by molar-refractivity contribution is 7.89. The van der Waals surface area contributed by atoms with E-state index in [9.17, 15) is 13.2 Å². The molecule has 1 unspecified atom stereocenters. The number of anilines is 1. The van der Waals surface area contributed by atoms with Gasteiger partial charge < -0.3 is 9.73 Å². The molecule has 28 heavy (non-hydrogen) atoms. The molecule has 9 heteroatoms. The Morgan fingerprint density at radius 2 is 1.93 bits per heavy atom. The molecule has 1 aromatic carbocycles. The summed E-state index contributed by atoms with van der Waals surface area (Å²) < 4.78 is 35.3. The lowest BCUT2D eigenvalue weighted by molar-refractivity contribution is -0.114. The number of sulfonamides is 1. The second kappa shape index (κ2) is 7.99. The van der Waals surface area contributed by atoms with Gasteiger partial charge in [-0.25, -0.2) is 13.1 Å². The lowest BCUT2D eigenvalue weighted by Gasteiger charge is -2.18. The first-order valence-electron chi connectivity index (χ1n) is 8.70. The van der Waals surface area contributed by atoms with Crippen molar-refractivity contribution >= 4 is 21.6 Å². The van der Waals surface area contributed by atoms with E-state index in [0.29, 0.717) is 11.4 Å². The van der Waals surface area contributed by atoms with Gasteiger partial charge >= 0.3 is 0 Å². The van der Waals surface area contributed by atoms with E-state index in [1.807, 2.05) is 19.9 Å². The van der Waals surface area contributed by atoms with Crippen molar-refractivity contribution in [1.82, 2.24) is 14.5 Å². The number of nitrogens with one attached hydrogen (secondary N) is 2. The molecule has 1 atom stereocenters. The monoisotopic (exact) mass is 402 g/mol. The van der Waals surface area contributed by atoms with Crippen LogP contribution in [0.4, 0.5) is 5.69 Å². The maximum atomic E-state index is 12.7. The maximum absolute atomic E-state index is 12.7. The molecule has 0 saturated carbocycles. The van der Waals surface area contributed by atoms with Crippen LogP contribution >= 0.6 is 0 Å². The van der Waals surface area contributed by atoms with Crippen molar-refractivity contribution < 1.29 is 17.6 Å². The summed E-state index contributed by atoms with van der Waals surface area (Å²) in [7, 11) is -3.75. The van der Waals surface area contributed by atoms with Gasteiger partial charge in [-0.05, 0) is 56.3 Å². The number of carbonyl (C=O) groups is 1. The first-order chi connectivity index (χ1) is 13.3. The van der Waals surface area contributed by atoms with Gasteiger partial charge in [0.25, 0.3) is 0 Å². The first-order valence-corrected chi connectivity index (χ1v) is 10.2. The molecule has 0 spiro atoms. The van der Waals surface area contributed by atoms with Crippen molar-refractivity contribution in [3.8, 4) is 0 Å². The van der Waals surface area contributed by atoms with E-state index in [-0.39, 0.29) is 17.3 Å². The Balaban J connectivity index is 1.80. The van der Waals surface area contributed by atoms with Gasteiger partial charge in [-0.2, -0.15) is 5.10 Å². The molecule has 0 radical (unpaired) electrons. The SMILES string of the molecule is CC(=O)Nc1ccc(S(=O)(=O)NCC(c2ccco2)n2nc(C)cc2C)cc1. The third-order valence-electron chi connectivity index (χ3n) is 4.16. The molecule has 148 valence electrons. The standard InChI is InChI=1S/C19H22N4O4S/c1-13-11-14(2)23(22-13)18(19-5-4-10-27-19)12-20-28(25,26)17-8-6-16(7-9-17)21-15(3)24/h4-11,18,20H,12H2,1-3H3,(H,21,24). The molecule has 1 amide bonds. The van der Waals surface area contributed by atoms with Crippen LogP contribution in [-0.2, 0) is 14.8 Å². The Morgan fingerprint density at radius 1 is 1.21 bits per heavy atom. The van der Waals surface area contributed by atoms with E-state index in [1.54, 1.807) is 35.2 Å². The molecular formula is C19H22N4O4S. The molecular weight excluding hydrogens is 380 g/mol. The molecule has 0 aliphatic rings. The van der Waals surface area contributed by atoms with Gasteiger partial charge in [0.2, 0.25) is 15.9 Å². The lowest BCUT2D eigenvalue weighted by atomic mass is 10.2. The number of aryl methyl sites for hydroxylation is 2. The Kier molecular flexibility index (Phi) is 5.66. The number of furan rings is 1. The zero-order chi connectivity index (χ0) is 20.3. The number of rotatable bonds is 7. The van der Waals surface area contributed by atoms with E-state index in [1.165, 1.54) is 19.1 Å². The van der Waals surface area contributed by atoms with Crippen molar-refractivity contribution in [1.29, 1.82) is 0 Å². The molecule has 2 aromatic heterocycles. The minimum absolute atomic E-state index is 0.0747. The second-order valence-corrected chi connectivity index (χ2v) is 8.23. The summed E-state index contributed by atoms with van der Waals surface area (Å²) in [5.74, 6) is 0.384. The predicted molar refractivity (Wildman–Crippen MR) is 104 cm³/mol. The summed E-state index contributed by atoms with van der Waals surface area (Å²) in [6.45, 7) is 5.25. The van der Waals surface area contributed by atoms with Gasteiger partial charge in [0.15, 0.2) is 0 Å².